The topological polar surface area (TPSA) is 92.9 Å². The number of hydrogen-bond donors (Lipinski definition) is 4. The number of rotatable bonds is 6. The molecule has 1 fully saturated rings. The molecule has 0 atom stereocenters. The van der Waals surface area contributed by atoms with Crippen LogP contribution in [-0.4, -0.2) is 25.1 Å². The second kappa shape index (κ2) is 8.62. The van der Waals surface area contributed by atoms with E-state index in [4.69, 9.17) is 11.0 Å². The van der Waals surface area contributed by atoms with Gasteiger partial charge in [-0.15, -0.1) is 0 Å². The molecule has 2 aliphatic rings. The van der Waals surface area contributed by atoms with Gasteiger partial charge in [-0.25, -0.2) is 0 Å². The maximum Gasteiger partial charge on any atom is 0.134 e. The Balaban J connectivity index is 1.22. The number of fused-ring (bicyclic) bond motifs is 1. The molecule has 4 rings (SSSR count). The number of benzene rings is 1. The molecule has 0 bridgehead atoms. The van der Waals surface area contributed by atoms with Gasteiger partial charge in [0.2, 0.25) is 0 Å². The predicted molar refractivity (Wildman–Crippen MR) is 117 cm³/mol. The van der Waals surface area contributed by atoms with Gasteiger partial charge in [0, 0.05) is 30.4 Å². The molecule has 2 aromatic rings. The monoisotopic (exact) mass is 390 g/mol. The summed E-state index contributed by atoms with van der Waals surface area (Å²) in [6.07, 6.45) is 7.72. The Kier molecular flexibility index (Phi) is 5.77. The molecule has 1 aromatic carbocycles. The van der Waals surface area contributed by atoms with Gasteiger partial charge in [-0.3, -0.25) is 10.4 Å². The number of aromatic amines is 1. The van der Waals surface area contributed by atoms with Gasteiger partial charge in [0.25, 0.3) is 0 Å². The lowest BCUT2D eigenvalue weighted by Gasteiger charge is -2.30. The van der Waals surface area contributed by atoms with Crippen LogP contribution in [0.4, 0.5) is 5.82 Å². The van der Waals surface area contributed by atoms with Crippen LogP contribution >= 0.6 is 0 Å². The lowest BCUT2D eigenvalue weighted by molar-refractivity contribution is 0.291. The summed E-state index contributed by atoms with van der Waals surface area (Å²) >= 11 is 0. The van der Waals surface area contributed by atoms with Crippen LogP contribution in [0.3, 0.4) is 0 Å². The summed E-state index contributed by atoms with van der Waals surface area (Å²) in [7, 11) is 2.01. The summed E-state index contributed by atoms with van der Waals surface area (Å²) in [5.41, 5.74) is 15.2. The second-order valence-electron chi connectivity index (χ2n) is 8.22. The first-order valence-corrected chi connectivity index (χ1v) is 10.5. The van der Waals surface area contributed by atoms with E-state index in [9.17, 15) is 0 Å². The fraction of sp³-hybridized carbons (Fsp3) is 0.435. The first kappa shape index (κ1) is 19.4. The van der Waals surface area contributed by atoms with Gasteiger partial charge >= 0.3 is 0 Å². The van der Waals surface area contributed by atoms with Crippen molar-refractivity contribution in [1.29, 1.82) is 5.26 Å². The molecule has 1 aliphatic carbocycles. The number of anilines is 1. The molecule has 0 unspecified atom stereocenters. The highest BCUT2D eigenvalue weighted by atomic mass is 15.5. The Labute approximate surface area is 172 Å². The molecule has 6 nitrogen and oxygen atoms in total. The van der Waals surface area contributed by atoms with Crippen molar-refractivity contribution in [3.63, 3.8) is 0 Å². The molecule has 1 aromatic heterocycles. The van der Waals surface area contributed by atoms with E-state index < -0.39 is 0 Å². The molecule has 6 heteroatoms. The SMILES string of the molecule is CN1N/C(=C(\N)C2CCC(CNCCc3ccc(C#N)cc3)CC2)c2cc[nH]c21. The standard InChI is InChI=1S/C23H30N6/c1-29-23-20(11-13-27-23)22(28-29)21(25)19-8-6-18(7-9-19)15-26-12-10-16-2-4-17(14-24)5-3-16/h2-5,11,13,18-19,26-28H,6-10,12,15,25H2,1H3/b22-21-. The van der Waals surface area contributed by atoms with Gasteiger partial charge in [0.05, 0.1) is 17.3 Å². The molecule has 1 saturated carbocycles. The summed E-state index contributed by atoms with van der Waals surface area (Å²) in [5, 5.41) is 14.5. The van der Waals surface area contributed by atoms with Crippen molar-refractivity contribution in [2.24, 2.45) is 17.6 Å². The number of aromatic nitrogens is 1. The third kappa shape index (κ3) is 4.25. The van der Waals surface area contributed by atoms with Crippen LogP contribution in [0, 0.1) is 23.2 Å². The lowest BCUT2D eigenvalue weighted by atomic mass is 9.80. The molecule has 1 aliphatic heterocycles. The molecule has 5 N–H and O–H groups in total. The summed E-state index contributed by atoms with van der Waals surface area (Å²) in [6.45, 7) is 2.05. The van der Waals surface area contributed by atoms with Crippen molar-refractivity contribution in [1.82, 2.24) is 15.7 Å². The number of hydrazine groups is 1. The van der Waals surface area contributed by atoms with Crippen LogP contribution in [-0.2, 0) is 6.42 Å². The van der Waals surface area contributed by atoms with Gasteiger partial charge in [-0.2, -0.15) is 5.26 Å². The molecule has 0 amide bonds. The Hall–Kier alpha value is -2.91. The van der Waals surface area contributed by atoms with Crippen LogP contribution < -0.4 is 21.5 Å². The van der Waals surface area contributed by atoms with Crippen molar-refractivity contribution in [3.05, 3.63) is 58.9 Å². The van der Waals surface area contributed by atoms with E-state index in [1.54, 1.807) is 0 Å². The number of nitriles is 1. The van der Waals surface area contributed by atoms with Crippen molar-refractivity contribution in [2.45, 2.75) is 32.1 Å². The van der Waals surface area contributed by atoms with Crippen molar-refractivity contribution >= 4 is 11.5 Å². The second-order valence-corrected chi connectivity index (χ2v) is 8.22. The van der Waals surface area contributed by atoms with Crippen molar-refractivity contribution in [3.8, 4) is 6.07 Å². The molecule has 29 heavy (non-hydrogen) atoms. The Morgan fingerprint density at radius 3 is 2.69 bits per heavy atom. The summed E-state index contributed by atoms with van der Waals surface area (Å²) in [6, 6.07) is 12.1. The highest BCUT2D eigenvalue weighted by Gasteiger charge is 2.29. The number of nitrogens with two attached hydrogens (primary N) is 1. The van der Waals surface area contributed by atoms with E-state index in [0.717, 1.165) is 61.0 Å². The summed E-state index contributed by atoms with van der Waals surface area (Å²) in [4.78, 5) is 3.26. The quantitative estimate of drug-likeness (QED) is 0.569. The van der Waals surface area contributed by atoms with Gasteiger partial charge < -0.3 is 16.0 Å². The molecule has 0 spiro atoms. The smallest absolute Gasteiger partial charge is 0.134 e. The van der Waals surface area contributed by atoms with E-state index in [0.29, 0.717) is 5.92 Å². The number of H-pyrrole nitrogens is 1. The largest absolute Gasteiger partial charge is 0.400 e. The minimum Gasteiger partial charge on any atom is -0.400 e. The minimum atomic E-state index is 0.460. The van der Waals surface area contributed by atoms with Crippen LogP contribution in [0.5, 0.6) is 0 Å². The summed E-state index contributed by atoms with van der Waals surface area (Å²) in [5.74, 6) is 2.27. The Morgan fingerprint density at radius 2 is 1.97 bits per heavy atom. The van der Waals surface area contributed by atoms with E-state index >= 15 is 0 Å². The number of nitrogens with zero attached hydrogens (tertiary/aromatic N) is 2. The van der Waals surface area contributed by atoms with E-state index in [2.05, 4.69) is 27.9 Å². The first-order valence-electron chi connectivity index (χ1n) is 10.5. The van der Waals surface area contributed by atoms with Crippen molar-refractivity contribution < 1.29 is 0 Å². The zero-order valence-corrected chi connectivity index (χ0v) is 17.0. The third-order valence-corrected chi connectivity index (χ3v) is 6.29. The molecule has 152 valence electrons. The van der Waals surface area contributed by atoms with E-state index in [1.165, 1.54) is 24.0 Å². The average Bonchev–Trinajstić information content (AvgIpc) is 3.36. The first-order chi connectivity index (χ1) is 14.2. The summed E-state index contributed by atoms with van der Waals surface area (Å²) < 4.78 is 0. The van der Waals surface area contributed by atoms with E-state index in [-0.39, 0.29) is 0 Å². The highest BCUT2D eigenvalue weighted by molar-refractivity contribution is 5.81. The van der Waals surface area contributed by atoms with Crippen molar-refractivity contribution in [2.75, 3.05) is 25.1 Å². The maximum atomic E-state index is 8.87. The van der Waals surface area contributed by atoms with Crippen LogP contribution in [0.15, 0.2) is 42.2 Å². The minimum absolute atomic E-state index is 0.460. The van der Waals surface area contributed by atoms with Gasteiger partial charge in [-0.05, 0) is 74.9 Å². The zero-order chi connectivity index (χ0) is 20.2. The van der Waals surface area contributed by atoms with Gasteiger partial charge in [-0.1, -0.05) is 12.1 Å². The van der Waals surface area contributed by atoms with Crippen LogP contribution in [0.25, 0.3) is 5.70 Å². The van der Waals surface area contributed by atoms with Crippen LogP contribution in [0.1, 0.15) is 42.4 Å². The lowest BCUT2D eigenvalue weighted by Crippen LogP contribution is -2.32. The fourth-order valence-electron chi connectivity index (χ4n) is 4.51. The molecule has 0 saturated heterocycles. The number of hydrogen-bond acceptors (Lipinski definition) is 5. The average molecular weight is 391 g/mol. The highest BCUT2D eigenvalue weighted by Crippen LogP contribution is 2.37. The molecule has 0 radical (unpaired) electrons. The number of allylic oxidation sites excluding steroid dienone is 1. The van der Waals surface area contributed by atoms with Crippen LogP contribution in [0.2, 0.25) is 0 Å². The number of nitrogens with one attached hydrogen (secondary N) is 3. The molecular weight excluding hydrogens is 360 g/mol. The third-order valence-electron chi connectivity index (χ3n) is 6.29. The maximum absolute atomic E-state index is 8.87. The van der Waals surface area contributed by atoms with Gasteiger partial charge in [0.15, 0.2) is 0 Å². The Bertz CT molecular complexity index is 896. The molecule has 2 heterocycles. The predicted octanol–water partition coefficient (Wildman–Crippen LogP) is 3.11. The Morgan fingerprint density at radius 1 is 1.21 bits per heavy atom. The van der Waals surface area contributed by atoms with E-state index in [1.807, 2.05) is 42.5 Å². The normalized spacial score (nSPS) is 22.7. The molecular formula is C23H30N6. The fourth-order valence-corrected chi connectivity index (χ4v) is 4.51. The van der Waals surface area contributed by atoms with Gasteiger partial charge in [0.1, 0.15) is 5.82 Å². The zero-order valence-electron chi connectivity index (χ0n) is 17.0.